The van der Waals surface area contributed by atoms with E-state index in [1.807, 2.05) is 14.1 Å². The monoisotopic (exact) mass is 222 g/mol. The Hall–Kier alpha value is -1.47. The van der Waals surface area contributed by atoms with Crippen molar-refractivity contribution in [1.29, 1.82) is 5.26 Å². The molecule has 0 N–H and O–H groups in total. The molecule has 0 aromatic heterocycles. The van der Waals surface area contributed by atoms with Crippen LogP contribution in [0.2, 0.25) is 0 Å². The van der Waals surface area contributed by atoms with Gasteiger partial charge in [-0.15, -0.1) is 0 Å². The highest BCUT2D eigenvalue weighted by atomic mass is 32.2. The summed E-state index contributed by atoms with van der Waals surface area (Å²) in [6, 6.07) is 8.16. The Morgan fingerprint density at radius 2 is 2.00 bits per heavy atom. The first-order chi connectivity index (χ1) is 7.11. The highest BCUT2D eigenvalue weighted by Gasteiger charge is 2.00. The number of rotatable bonds is 3. The van der Waals surface area contributed by atoms with Gasteiger partial charge in [0.2, 0.25) is 0 Å². The van der Waals surface area contributed by atoms with Gasteiger partial charge in [-0.25, -0.2) is 4.39 Å². The zero-order valence-corrected chi connectivity index (χ0v) is 9.38. The Bertz CT molecular complexity index is 390. The van der Waals surface area contributed by atoms with Gasteiger partial charge in [0.1, 0.15) is 16.8 Å². The van der Waals surface area contributed by atoms with Gasteiger partial charge in [-0.05, 0) is 24.3 Å². The number of thioether (sulfide) groups is 1. The van der Waals surface area contributed by atoms with E-state index in [0.717, 1.165) is 4.90 Å². The minimum Gasteiger partial charge on any atom is -0.382 e. The highest BCUT2D eigenvalue weighted by molar-refractivity contribution is 8.03. The fourth-order valence-electron chi connectivity index (χ4n) is 0.942. The SMILES string of the molecule is CN(C)C=C(C#N)Sc1ccc(F)cc1. The average Bonchev–Trinajstić information content (AvgIpc) is 2.19. The van der Waals surface area contributed by atoms with Crippen LogP contribution in [0.5, 0.6) is 0 Å². The average molecular weight is 222 g/mol. The summed E-state index contributed by atoms with van der Waals surface area (Å²) < 4.78 is 12.6. The molecule has 0 bridgehead atoms. The van der Waals surface area contributed by atoms with Crippen LogP contribution in [0.15, 0.2) is 40.3 Å². The molecule has 0 spiro atoms. The molecule has 2 nitrogen and oxygen atoms in total. The van der Waals surface area contributed by atoms with E-state index in [1.165, 1.54) is 23.9 Å². The van der Waals surface area contributed by atoms with Gasteiger partial charge in [0.25, 0.3) is 0 Å². The molecular weight excluding hydrogens is 211 g/mol. The number of allylic oxidation sites excluding steroid dienone is 1. The first kappa shape index (κ1) is 11.6. The van der Waals surface area contributed by atoms with Crippen LogP contribution in [0, 0.1) is 17.1 Å². The van der Waals surface area contributed by atoms with E-state index in [0.29, 0.717) is 4.91 Å². The predicted molar refractivity (Wildman–Crippen MR) is 59.6 cm³/mol. The molecule has 0 saturated heterocycles. The Morgan fingerprint density at radius 1 is 1.40 bits per heavy atom. The summed E-state index contributed by atoms with van der Waals surface area (Å²) >= 11 is 1.32. The van der Waals surface area contributed by atoms with Gasteiger partial charge in [-0.1, -0.05) is 11.8 Å². The molecule has 0 unspecified atom stereocenters. The van der Waals surface area contributed by atoms with Gasteiger partial charge in [-0.3, -0.25) is 0 Å². The second-order valence-corrected chi connectivity index (χ2v) is 4.24. The maximum atomic E-state index is 12.6. The lowest BCUT2D eigenvalue weighted by Crippen LogP contribution is -2.01. The predicted octanol–water partition coefficient (Wildman–Crippen LogP) is 2.84. The van der Waals surface area contributed by atoms with Crippen molar-refractivity contribution in [2.24, 2.45) is 0 Å². The minimum absolute atomic E-state index is 0.269. The molecule has 0 heterocycles. The maximum absolute atomic E-state index is 12.6. The first-order valence-corrected chi connectivity index (χ1v) is 5.15. The van der Waals surface area contributed by atoms with E-state index in [4.69, 9.17) is 5.26 Å². The molecule has 0 aliphatic heterocycles. The summed E-state index contributed by atoms with van der Waals surface area (Å²) in [5.41, 5.74) is 0. The number of nitriles is 1. The number of halogens is 1. The Labute approximate surface area is 93.0 Å². The molecule has 1 aromatic carbocycles. The summed E-state index contributed by atoms with van der Waals surface area (Å²) in [4.78, 5) is 3.23. The maximum Gasteiger partial charge on any atom is 0.123 e. The van der Waals surface area contributed by atoms with Gasteiger partial charge in [-0.2, -0.15) is 5.26 Å². The van der Waals surface area contributed by atoms with Crippen molar-refractivity contribution in [3.63, 3.8) is 0 Å². The number of hydrogen-bond donors (Lipinski definition) is 0. The molecule has 1 rings (SSSR count). The highest BCUT2D eigenvalue weighted by Crippen LogP contribution is 2.25. The van der Waals surface area contributed by atoms with E-state index in [2.05, 4.69) is 6.07 Å². The molecule has 4 heteroatoms. The number of nitrogens with zero attached hydrogens (tertiary/aromatic N) is 2. The van der Waals surface area contributed by atoms with Gasteiger partial charge < -0.3 is 4.90 Å². The molecule has 15 heavy (non-hydrogen) atoms. The molecule has 78 valence electrons. The van der Waals surface area contributed by atoms with Crippen molar-refractivity contribution >= 4 is 11.8 Å². The Balaban J connectivity index is 2.77. The fourth-order valence-corrected chi connectivity index (χ4v) is 1.78. The summed E-state index contributed by atoms with van der Waals surface area (Å²) in [6.07, 6.45) is 1.73. The second-order valence-electron chi connectivity index (χ2n) is 3.12. The Morgan fingerprint density at radius 3 is 2.47 bits per heavy atom. The van der Waals surface area contributed by atoms with Gasteiger partial charge in [0.15, 0.2) is 0 Å². The summed E-state index contributed by atoms with van der Waals surface area (Å²) in [5.74, 6) is -0.269. The largest absolute Gasteiger partial charge is 0.382 e. The van der Waals surface area contributed by atoms with Crippen LogP contribution < -0.4 is 0 Å². The summed E-state index contributed by atoms with van der Waals surface area (Å²) in [6.45, 7) is 0. The second kappa shape index (κ2) is 5.42. The summed E-state index contributed by atoms with van der Waals surface area (Å²) in [5, 5.41) is 8.85. The minimum atomic E-state index is -0.269. The molecular formula is C11H11FN2S. The normalized spacial score (nSPS) is 10.9. The molecule has 1 aromatic rings. The van der Waals surface area contributed by atoms with Crippen LogP contribution in [0.4, 0.5) is 4.39 Å². The Kier molecular flexibility index (Phi) is 4.19. The number of benzene rings is 1. The molecule has 0 fully saturated rings. The molecule has 0 aliphatic rings. The van der Waals surface area contributed by atoms with Crippen molar-refractivity contribution in [3.8, 4) is 6.07 Å². The van der Waals surface area contributed by atoms with Crippen LogP contribution in [-0.4, -0.2) is 19.0 Å². The molecule has 0 aliphatic carbocycles. The summed E-state index contributed by atoms with van der Waals surface area (Å²) in [7, 11) is 3.70. The van der Waals surface area contributed by atoms with E-state index < -0.39 is 0 Å². The van der Waals surface area contributed by atoms with E-state index in [-0.39, 0.29) is 5.82 Å². The van der Waals surface area contributed by atoms with Gasteiger partial charge in [0.05, 0.1) is 0 Å². The van der Waals surface area contributed by atoms with Crippen LogP contribution in [0.25, 0.3) is 0 Å². The third kappa shape index (κ3) is 4.05. The molecule has 0 atom stereocenters. The zero-order chi connectivity index (χ0) is 11.3. The van der Waals surface area contributed by atoms with Crippen LogP contribution in [0.3, 0.4) is 0 Å². The smallest absolute Gasteiger partial charge is 0.123 e. The standard InChI is InChI=1S/C11H11FN2S/c1-14(2)8-11(7-13)15-10-5-3-9(12)4-6-10/h3-6,8H,1-2H3. The van der Waals surface area contributed by atoms with E-state index in [1.54, 1.807) is 23.2 Å². The van der Waals surface area contributed by atoms with Crippen molar-refractivity contribution in [2.75, 3.05) is 14.1 Å². The topological polar surface area (TPSA) is 27.0 Å². The lowest BCUT2D eigenvalue weighted by Gasteiger charge is -2.05. The van der Waals surface area contributed by atoms with Crippen molar-refractivity contribution in [2.45, 2.75) is 4.90 Å². The first-order valence-electron chi connectivity index (χ1n) is 4.33. The van der Waals surface area contributed by atoms with Crippen molar-refractivity contribution in [1.82, 2.24) is 4.90 Å². The third-order valence-corrected chi connectivity index (χ3v) is 2.45. The van der Waals surface area contributed by atoms with Gasteiger partial charge >= 0.3 is 0 Å². The zero-order valence-electron chi connectivity index (χ0n) is 8.57. The van der Waals surface area contributed by atoms with Crippen molar-refractivity contribution in [3.05, 3.63) is 41.2 Å². The van der Waals surface area contributed by atoms with Crippen LogP contribution in [-0.2, 0) is 0 Å². The van der Waals surface area contributed by atoms with E-state index in [9.17, 15) is 4.39 Å². The molecule has 0 saturated carbocycles. The quantitative estimate of drug-likeness (QED) is 0.581. The molecule has 0 amide bonds. The third-order valence-electron chi connectivity index (χ3n) is 1.53. The lowest BCUT2D eigenvalue weighted by molar-refractivity contribution is 0.563. The van der Waals surface area contributed by atoms with E-state index >= 15 is 0 Å². The number of hydrogen-bond acceptors (Lipinski definition) is 3. The van der Waals surface area contributed by atoms with Crippen LogP contribution in [0.1, 0.15) is 0 Å². The molecule has 0 radical (unpaired) electrons. The van der Waals surface area contributed by atoms with Crippen LogP contribution >= 0.6 is 11.8 Å². The van der Waals surface area contributed by atoms with Crippen molar-refractivity contribution < 1.29 is 4.39 Å². The van der Waals surface area contributed by atoms with Gasteiger partial charge in [0, 0.05) is 25.2 Å². The lowest BCUT2D eigenvalue weighted by atomic mass is 10.4. The fraction of sp³-hybridized carbons (Fsp3) is 0.182.